The zero-order valence-electron chi connectivity index (χ0n) is 14.6. The van der Waals surface area contributed by atoms with Gasteiger partial charge in [0.15, 0.2) is 6.61 Å². The average Bonchev–Trinajstić information content (AvgIpc) is 3.17. The molecular weight excluding hydrogens is 358 g/mol. The maximum absolute atomic E-state index is 12.3. The fourth-order valence-electron chi connectivity index (χ4n) is 2.61. The lowest BCUT2D eigenvalue weighted by molar-refractivity contribution is -0.119. The number of pyridine rings is 2. The molecule has 0 atom stereocenters. The van der Waals surface area contributed by atoms with E-state index in [1.165, 1.54) is 0 Å². The molecule has 28 heavy (non-hydrogen) atoms. The first-order valence-corrected chi connectivity index (χ1v) is 8.47. The van der Waals surface area contributed by atoms with Crippen LogP contribution in [0.2, 0.25) is 0 Å². The van der Waals surface area contributed by atoms with E-state index in [9.17, 15) is 9.59 Å². The Balaban J connectivity index is 1.43. The Kier molecular flexibility index (Phi) is 4.75. The van der Waals surface area contributed by atoms with Gasteiger partial charge in [-0.05, 0) is 42.5 Å². The van der Waals surface area contributed by atoms with Crippen molar-refractivity contribution < 1.29 is 14.3 Å². The molecule has 0 fully saturated rings. The molecule has 4 aromatic rings. The zero-order valence-corrected chi connectivity index (χ0v) is 14.6. The summed E-state index contributed by atoms with van der Waals surface area (Å²) in [6.45, 7) is -0.405. The minimum atomic E-state index is -0.601. The number of amides is 1. The lowest BCUT2D eigenvalue weighted by Crippen LogP contribution is -2.21. The fraction of sp³-hybridized carbons (Fsp3) is 0.0500. The quantitative estimate of drug-likeness (QED) is 0.521. The lowest BCUT2D eigenvalue weighted by atomic mass is 10.2. The van der Waals surface area contributed by atoms with Gasteiger partial charge < -0.3 is 15.0 Å². The number of nitrogens with zero attached hydrogens (tertiary/aromatic N) is 3. The summed E-state index contributed by atoms with van der Waals surface area (Å²) < 4.78 is 5.08. The number of H-pyrrole nitrogens is 1. The van der Waals surface area contributed by atoms with Gasteiger partial charge in [-0.15, -0.1) is 0 Å². The number of esters is 1. The number of hydrogen-bond acceptors (Lipinski definition) is 6. The molecule has 0 bridgehead atoms. The molecule has 0 saturated heterocycles. The van der Waals surface area contributed by atoms with Crippen molar-refractivity contribution in [2.75, 3.05) is 11.9 Å². The third-order valence-electron chi connectivity index (χ3n) is 3.92. The number of aromatic amines is 1. The molecule has 8 heteroatoms. The van der Waals surface area contributed by atoms with Crippen LogP contribution in [-0.2, 0) is 9.53 Å². The smallest absolute Gasteiger partial charge is 0.338 e. The molecule has 8 nitrogen and oxygen atoms in total. The first-order chi connectivity index (χ1) is 13.7. The molecule has 4 rings (SSSR count). The first-order valence-electron chi connectivity index (χ1n) is 8.47. The van der Waals surface area contributed by atoms with Crippen molar-refractivity contribution in [3.05, 3.63) is 72.7 Å². The van der Waals surface area contributed by atoms with Gasteiger partial charge in [-0.3, -0.25) is 9.78 Å². The van der Waals surface area contributed by atoms with Gasteiger partial charge in [0.05, 0.1) is 16.6 Å². The molecule has 0 aliphatic rings. The van der Waals surface area contributed by atoms with Crippen molar-refractivity contribution in [3.8, 4) is 11.4 Å². The van der Waals surface area contributed by atoms with E-state index in [-0.39, 0.29) is 0 Å². The van der Waals surface area contributed by atoms with Gasteiger partial charge >= 0.3 is 5.97 Å². The van der Waals surface area contributed by atoms with E-state index in [4.69, 9.17) is 4.74 Å². The Labute approximate surface area is 159 Å². The van der Waals surface area contributed by atoms with Gasteiger partial charge in [-0.1, -0.05) is 6.07 Å². The molecule has 138 valence electrons. The molecule has 3 heterocycles. The second-order valence-electron chi connectivity index (χ2n) is 5.90. The summed E-state index contributed by atoms with van der Waals surface area (Å²) in [6.07, 6.45) is 4.94. The number of benzene rings is 1. The fourth-order valence-corrected chi connectivity index (χ4v) is 2.61. The molecule has 0 spiro atoms. The summed E-state index contributed by atoms with van der Waals surface area (Å²) in [5, 5.41) is 2.55. The highest BCUT2D eigenvalue weighted by Crippen LogP contribution is 2.20. The van der Waals surface area contributed by atoms with Crippen molar-refractivity contribution in [1.82, 2.24) is 19.9 Å². The van der Waals surface area contributed by atoms with Crippen LogP contribution in [0.1, 0.15) is 10.4 Å². The van der Waals surface area contributed by atoms with Gasteiger partial charge in [0.1, 0.15) is 11.6 Å². The van der Waals surface area contributed by atoms with Crippen LogP contribution in [0.15, 0.2) is 67.1 Å². The van der Waals surface area contributed by atoms with Crippen LogP contribution in [0.25, 0.3) is 22.4 Å². The van der Waals surface area contributed by atoms with Gasteiger partial charge in [0.2, 0.25) is 0 Å². The molecule has 0 unspecified atom stereocenters. The summed E-state index contributed by atoms with van der Waals surface area (Å²) in [5.74, 6) is -0.0159. The van der Waals surface area contributed by atoms with Crippen molar-refractivity contribution >= 4 is 28.7 Å². The Morgan fingerprint density at radius 2 is 2.00 bits per heavy atom. The Morgan fingerprint density at radius 1 is 1.07 bits per heavy atom. The first kappa shape index (κ1) is 17.3. The molecule has 0 aliphatic heterocycles. The van der Waals surface area contributed by atoms with Crippen LogP contribution in [-0.4, -0.2) is 38.4 Å². The SMILES string of the molecule is O=C(COC(=O)c1ccc2nc(-c3cccnc3)[nH]c2c1)Nc1ccccn1. The topological polar surface area (TPSA) is 110 Å². The summed E-state index contributed by atoms with van der Waals surface area (Å²) in [7, 11) is 0. The Morgan fingerprint density at radius 3 is 2.79 bits per heavy atom. The predicted molar refractivity (Wildman–Crippen MR) is 102 cm³/mol. The van der Waals surface area contributed by atoms with Crippen LogP contribution in [0, 0.1) is 0 Å². The normalized spacial score (nSPS) is 10.6. The van der Waals surface area contributed by atoms with Crippen LogP contribution >= 0.6 is 0 Å². The van der Waals surface area contributed by atoms with Crippen molar-refractivity contribution in [2.45, 2.75) is 0 Å². The highest BCUT2D eigenvalue weighted by Gasteiger charge is 2.13. The summed E-state index contributed by atoms with van der Waals surface area (Å²) >= 11 is 0. The number of carbonyl (C=O) groups excluding carboxylic acids is 2. The molecule has 0 aliphatic carbocycles. The van der Waals surface area contributed by atoms with E-state index in [0.717, 1.165) is 5.56 Å². The largest absolute Gasteiger partial charge is 0.452 e. The van der Waals surface area contributed by atoms with E-state index < -0.39 is 18.5 Å². The summed E-state index contributed by atoms with van der Waals surface area (Å²) in [4.78, 5) is 39.8. The zero-order chi connectivity index (χ0) is 19.3. The van der Waals surface area contributed by atoms with Gasteiger partial charge in [0, 0.05) is 24.2 Å². The van der Waals surface area contributed by atoms with E-state index in [1.807, 2.05) is 12.1 Å². The van der Waals surface area contributed by atoms with Crippen LogP contribution in [0.4, 0.5) is 5.82 Å². The van der Waals surface area contributed by atoms with Gasteiger partial charge in [0.25, 0.3) is 5.91 Å². The highest BCUT2D eigenvalue weighted by atomic mass is 16.5. The third kappa shape index (κ3) is 3.85. The lowest BCUT2D eigenvalue weighted by Gasteiger charge is -2.06. The second-order valence-corrected chi connectivity index (χ2v) is 5.90. The number of ether oxygens (including phenoxy) is 1. The summed E-state index contributed by atoms with van der Waals surface area (Å²) in [6, 6.07) is 13.8. The number of anilines is 1. The van der Waals surface area contributed by atoms with Crippen molar-refractivity contribution in [1.29, 1.82) is 0 Å². The number of nitrogens with one attached hydrogen (secondary N) is 2. The van der Waals surface area contributed by atoms with Crippen LogP contribution in [0.5, 0.6) is 0 Å². The Hall–Kier alpha value is -4.07. The summed E-state index contributed by atoms with van der Waals surface area (Å²) in [5.41, 5.74) is 2.56. The Bertz CT molecular complexity index is 1130. The highest BCUT2D eigenvalue weighted by molar-refractivity contribution is 5.97. The predicted octanol–water partition coefficient (Wildman–Crippen LogP) is 2.82. The van der Waals surface area contributed by atoms with Crippen molar-refractivity contribution in [2.24, 2.45) is 0 Å². The van der Waals surface area contributed by atoms with E-state index >= 15 is 0 Å². The van der Waals surface area contributed by atoms with Gasteiger partial charge in [-0.25, -0.2) is 14.8 Å². The number of aromatic nitrogens is 4. The number of fused-ring (bicyclic) bond motifs is 1. The monoisotopic (exact) mass is 373 g/mol. The van der Waals surface area contributed by atoms with E-state index in [2.05, 4.69) is 25.3 Å². The van der Waals surface area contributed by atoms with E-state index in [1.54, 1.807) is 55.0 Å². The molecule has 2 N–H and O–H groups in total. The maximum Gasteiger partial charge on any atom is 0.338 e. The molecule has 3 aromatic heterocycles. The van der Waals surface area contributed by atoms with Gasteiger partial charge in [-0.2, -0.15) is 0 Å². The van der Waals surface area contributed by atoms with Crippen molar-refractivity contribution in [3.63, 3.8) is 0 Å². The minimum absolute atomic E-state index is 0.319. The van der Waals surface area contributed by atoms with E-state index in [0.29, 0.717) is 28.2 Å². The minimum Gasteiger partial charge on any atom is -0.452 e. The second kappa shape index (κ2) is 7.67. The molecule has 0 radical (unpaired) electrons. The number of hydrogen-bond donors (Lipinski definition) is 2. The average molecular weight is 373 g/mol. The molecule has 1 aromatic carbocycles. The van der Waals surface area contributed by atoms with Crippen LogP contribution < -0.4 is 5.32 Å². The number of imidazole rings is 1. The standard InChI is InChI=1S/C20H15N5O3/c26-18(25-17-5-1-2-9-22-17)12-28-20(27)13-6-7-15-16(10-13)24-19(23-15)14-4-3-8-21-11-14/h1-11H,12H2,(H,23,24)(H,22,25,26). The van der Waals surface area contributed by atoms with Crippen LogP contribution in [0.3, 0.4) is 0 Å². The maximum atomic E-state index is 12.3. The number of rotatable bonds is 5. The third-order valence-corrected chi connectivity index (χ3v) is 3.92. The molecule has 1 amide bonds. The number of carbonyl (C=O) groups is 2. The molecule has 0 saturated carbocycles. The molecular formula is C20H15N5O3.